The molecule has 3 rings (SSSR count). The Morgan fingerprint density at radius 3 is 2.68 bits per heavy atom. The summed E-state index contributed by atoms with van der Waals surface area (Å²) in [6.07, 6.45) is 3.47. The molecule has 1 aromatic heterocycles. The zero-order chi connectivity index (χ0) is 13.6. The molecule has 19 heavy (non-hydrogen) atoms. The van der Waals surface area contributed by atoms with E-state index in [2.05, 4.69) is 10.3 Å². The van der Waals surface area contributed by atoms with Crippen LogP contribution in [0.4, 0.5) is 5.82 Å². The van der Waals surface area contributed by atoms with Gasteiger partial charge in [-0.1, -0.05) is 0 Å². The standard InChI is InChI=1S/C15H21N3O/c1-8-5-9(2)17-12(6-8)18-15(19)13-10-3-4-11(7-10)14(13)16/h5-6,10-11,13-14H,3-4,7,16H2,1-2H3,(H,17,18,19). The lowest BCUT2D eigenvalue weighted by atomic mass is 9.84. The fraction of sp³-hybridized carbons (Fsp3) is 0.600. The zero-order valence-corrected chi connectivity index (χ0v) is 11.5. The van der Waals surface area contributed by atoms with E-state index in [1.807, 2.05) is 26.0 Å². The Kier molecular flexibility index (Phi) is 3.05. The number of nitrogens with two attached hydrogens (primary N) is 1. The van der Waals surface area contributed by atoms with Gasteiger partial charge in [0.1, 0.15) is 5.82 Å². The molecule has 0 radical (unpaired) electrons. The lowest BCUT2D eigenvalue weighted by Crippen LogP contribution is -2.42. The summed E-state index contributed by atoms with van der Waals surface area (Å²) in [7, 11) is 0. The van der Waals surface area contributed by atoms with Crippen LogP contribution in [0.3, 0.4) is 0 Å². The molecule has 2 aliphatic rings. The number of hydrogen-bond donors (Lipinski definition) is 2. The third kappa shape index (κ3) is 2.25. The number of amides is 1. The number of anilines is 1. The van der Waals surface area contributed by atoms with Gasteiger partial charge in [0, 0.05) is 11.7 Å². The molecule has 1 heterocycles. The van der Waals surface area contributed by atoms with Crippen molar-refractivity contribution in [3.63, 3.8) is 0 Å². The van der Waals surface area contributed by atoms with Crippen molar-refractivity contribution in [1.82, 2.24) is 4.98 Å². The smallest absolute Gasteiger partial charge is 0.230 e. The number of aromatic nitrogens is 1. The topological polar surface area (TPSA) is 68.0 Å². The van der Waals surface area contributed by atoms with Gasteiger partial charge in [-0.15, -0.1) is 0 Å². The second kappa shape index (κ2) is 4.60. The van der Waals surface area contributed by atoms with Crippen LogP contribution >= 0.6 is 0 Å². The fourth-order valence-corrected chi connectivity index (χ4v) is 3.84. The third-order valence-corrected chi connectivity index (χ3v) is 4.63. The lowest BCUT2D eigenvalue weighted by Gasteiger charge is -2.26. The van der Waals surface area contributed by atoms with Crippen molar-refractivity contribution in [2.45, 2.75) is 39.2 Å². The summed E-state index contributed by atoms with van der Waals surface area (Å²) in [5.41, 5.74) is 8.23. The van der Waals surface area contributed by atoms with Crippen molar-refractivity contribution in [2.75, 3.05) is 5.32 Å². The number of carbonyl (C=O) groups is 1. The average Bonchev–Trinajstić information content (AvgIpc) is 2.87. The number of rotatable bonds is 2. The maximum Gasteiger partial charge on any atom is 0.230 e. The van der Waals surface area contributed by atoms with E-state index in [-0.39, 0.29) is 17.9 Å². The van der Waals surface area contributed by atoms with Gasteiger partial charge in [0.25, 0.3) is 0 Å². The largest absolute Gasteiger partial charge is 0.327 e. The van der Waals surface area contributed by atoms with Crippen molar-refractivity contribution < 1.29 is 4.79 Å². The Morgan fingerprint density at radius 1 is 1.32 bits per heavy atom. The summed E-state index contributed by atoms with van der Waals surface area (Å²) < 4.78 is 0. The summed E-state index contributed by atoms with van der Waals surface area (Å²) in [5.74, 6) is 1.70. The van der Waals surface area contributed by atoms with Gasteiger partial charge in [-0.05, 0) is 62.6 Å². The Morgan fingerprint density at radius 2 is 2.05 bits per heavy atom. The Bertz CT molecular complexity index is 492. The van der Waals surface area contributed by atoms with E-state index in [4.69, 9.17) is 5.73 Å². The first kappa shape index (κ1) is 12.6. The molecule has 4 nitrogen and oxygen atoms in total. The molecule has 1 amide bonds. The Balaban J connectivity index is 1.75. The van der Waals surface area contributed by atoms with Crippen LogP contribution in [0.5, 0.6) is 0 Å². The molecule has 0 spiro atoms. The van der Waals surface area contributed by atoms with Crippen LogP contribution < -0.4 is 11.1 Å². The zero-order valence-electron chi connectivity index (χ0n) is 11.5. The summed E-state index contributed by atoms with van der Waals surface area (Å²) in [6.45, 7) is 3.94. The van der Waals surface area contributed by atoms with Gasteiger partial charge >= 0.3 is 0 Å². The number of nitrogens with zero attached hydrogens (tertiary/aromatic N) is 1. The molecule has 102 valence electrons. The molecule has 2 aliphatic carbocycles. The predicted molar refractivity (Wildman–Crippen MR) is 74.6 cm³/mol. The van der Waals surface area contributed by atoms with E-state index in [1.54, 1.807) is 0 Å². The first-order valence-electron chi connectivity index (χ1n) is 7.06. The van der Waals surface area contributed by atoms with E-state index in [9.17, 15) is 4.79 Å². The van der Waals surface area contributed by atoms with Crippen LogP contribution in [0.15, 0.2) is 12.1 Å². The molecular formula is C15H21N3O. The van der Waals surface area contributed by atoms with Crippen LogP contribution in [-0.2, 0) is 4.79 Å². The highest BCUT2D eigenvalue weighted by Crippen LogP contribution is 2.47. The van der Waals surface area contributed by atoms with Crippen molar-refractivity contribution in [3.05, 3.63) is 23.4 Å². The van der Waals surface area contributed by atoms with E-state index in [1.165, 1.54) is 6.42 Å². The van der Waals surface area contributed by atoms with Gasteiger partial charge in [-0.2, -0.15) is 0 Å². The first-order valence-corrected chi connectivity index (χ1v) is 7.06. The SMILES string of the molecule is Cc1cc(C)nc(NC(=O)C2C3CCC(C3)C2N)c1. The summed E-state index contributed by atoms with van der Waals surface area (Å²) in [4.78, 5) is 16.8. The van der Waals surface area contributed by atoms with E-state index in [0.29, 0.717) is 17.7 Å². The molecule has 0 saturated heterocycles. The van der Waals surface area contributed by atoms with Gasteiger partial charge in [0.2, 0.25) is 5.91 Å². The highest BCUT2D eigenvalue weighted by atomic mass is 16.2. The quantitative estimate of drug-likeness (QED) is 0.853. The molecule has 4 atom stereocenters. The number of carbonyl (C=O) groups excluding carboxylic acids is 1. The van der Waals surface area contributed by atoms with Gasteiger partial charge < -0.3 is 11.1 Å². The lowest BCUT2D eigenvalue weighted by molar-refractivity contribution is -0.121. The highest BCUT2D eigenvalue weighted by molar-refractivity contribution is 5.92. The van der Waals surface area contributed by atoms with Gasteiger partial charge in [-0.25, -0.2) is 4.98 Å². The maximum absolute atomic E-state index is 12.4. The minimum atomic E-state index is -0.0265. The number of hydrogen-bond acceptors (Lipinski definition) is 3. The van der Waals surface area contributed by atoms with Crippen LogP contribution in [0.2, 0.25) is 0 Å². The minimum Gasteiger partial charge on any atom is -0.327 e. The molecule has 4 heteroatoms. The fourth-order valence-electron chi connectivity index (χ4n) is 3.84. The van der Waals surface area contributed by atoms with Crippen LogP contribution in [-0.4, -0.2) is 16.9 Å². The molecule has 2 saturated carbocycles. The minimum absolute atomic E-state index is 0.0265. The van der Waals surface area contributed by atoms with Crippen LogP contribution in [0.25, 0.3) is 0 Å². The summed E-state index contributed by atoms with van der Waals surface area (Å²) in [5, 5.41) is 2.95. The van der Waals surface area contributed by atoms with Crippen LogP contribution in [0.1, 0.15) is 30.5 Å². The molecule has 2 bridgehead atoms. The van der Waals surface area contributed by atoms with Gasteiger partial charge in [0.05, 0.1) is 5.92 Å². The van der Waals surface area contributed by atoms with E-state index >= 15 is 0 Å². The molecule has 1 aromatic rings. The molecule has 2 fully saturated rings. The molecule has 4 unspecified atom stereocenters. The van der Waals surface area contributed by atoms with Crippen molar-refractivity contribution in [1.29, 1.82) is 0 Å². The molecule has 3 N–H and O–H groups in total. The normalized spacial score (nSPS) is 32.6. The molecular weight excluding hydrogens is 238 g/mol. The number of pyridine rings is 1. The Labute approximate surface area is 113 Å². The van der Waals surface area contributed by atoms with Crippen molar-refractivity contribution in [2.24, 2.45) is 23.5 Å². The molecule has 0 aromatic carbocycles. The van der Waals surface area contributed by atoms with Gasteiger partial charge in [0.15, 0.2) is 0 Å². The van der Waals surface area contributed by atoms with Gasteiger partial charge in [-0.3, -0.25) is 4.79 Å². The average molecular weight is 259 g/mol. The monoisotopic (exact) mass is 259 g/mol. The number of nitrogens with one attached hydrogen (secondary N) is 1. The van der Waals surface area contributed by atoms with E-state index < -0.39 is 0 Å². The predicted octanol–water partition coefficient (Wildman–Crippen LogP) is 2.01. The van der Waals surface area contributed by atoms with Crippen molar-refractivity contribution in [3.8, 4) is 0 Å². The first-order chi connectivity index (χ1) is 9.04. The second-order valence-electron chi connectivity index (χ2n) is 6.10. The Hall–Kier alpha value is -1.42. The summed E-state index contributed by atoms with van der Waals surface area (Å²) >= 11 is 0. The number of fused-ring (bicyclic) bond motifs is 2. The summed E-state index contributed by atoms with van der Waals surface area (Å²) in [6, 6.07) is 3.94. The van der Waals surface area contributed by atoms with Crippen LogP contribution in [0, 0.1) is 31.6 Å². The third-order valence-electron chi connectivity index (χ3n) is 4.63. The highest BCUT2D eigenvalue weighted by Gasteiger charge is 2.49. The van der Waals surface area contributed by atoms with Crippen molar-refractivity contribution >= 4 is 11.7 Å². The maximum atomic E-state index is 12.4. The molecule has 0 aliphatic heterocycles. The number of aryl methyl sites for hydroxylation is 2. The second-order valence-corrected chi connectivity index (χ2v) is 6.10. The van der Waals surface area contributed by atoms with E-state index in [0.717, 1.165) is 24.1 Å².